The lowest BCUT2D eigenvalue weighted by atomic mass is 10.5. The summed E-state index contributed by atoms with van der Waals surface area (Å²) in [6, 6.07) is 0. The van der Waals surface area contributed by atoms with Gasteiger partial charge in [0, 0.05) is 6.54 Å². The molecule has 0 saturated heterocycles. The second kappa shape index (κ2) is 6.36. The highest BCUT2D eigenvalue weighted by Gasteiger charge is 1.94. The minimum atomic E-state index is -0.523. The van der Waals surface area contributed by atoms with Crippen molar-refractivity contribution < 1.29 is 14.3 Å². The molecule has 5 heteroatoms. The van der Waals surface area contributed by atoms with Gasteiger partial charge in [-0.2, -0.15) is 0 Å². The van der Waals surface area contributed by atoms with Crippen LogP contribution in [0.3, 0.4) is 0 Å². The van der Waals surface area contributed by atoms with Crippen LogP contribution < -0.4 is 11.1 Å². The van der Waals surface area contributed by atoms with E-state index in [1.807, 2.05) is 0 Å². The molecule has 0 spiro atoms. The molecular formula is C7H12N2O3. The first-order valence-electron chi connectivity index (χ1n) is 3.43. The zero-order valence-electron chi connectivity index (χ0n) is 6.71. The number of carbonyl (C=O) groups excluding carboxylic acids is 2. The molecule has 0 unspecified atom stereocenters. The van der Waals surface area contributed by atoms with Crippen LogP contribution in [0.1, 0.15) is 0 Å². The minimum Gasteiger partial charge on any atom is -0.370 e. The first-order chi connectivity index (χ1) is 5.66. The zero-order valence-corrected chi connectivity index (χ0v) is 6.71. The smallest absolute Gasteiger partial charge is 0.243 e. The van der Waals surface area contributed by atoms with Gasteiger partial charge in [-0.3, -0.25) is 9.59 Å². The van der Waals surface area contributed by atoms with Gasteiger partial charge in [-0.15, -0.1) is 0 Å². The molecule has 0 aliphatic rings. The summed E-state index contributed by atoms with van der Waals surface area (Å²) < 4.78 is 4.77. The molecule has 0 atom stereocenters. The molecule has 0 fully saturated rings. The van der Waals surface area contributed by atoms with E-state index >= 15 is 0 Å². The summed E-state index contributed by atoms with van der Waals surface area (Å²) in [6.45, 7) is 3.75. The molecule has 0 aromatic heterocycles. The molecule has 5 nitrogen and oxygen atoms in total. The molecule has 0 radical (unpaired) electrons. The number of nitrogens with two attached hydrogens (primary N) is 1. The fourth-order valence-corrected chi connectivity index (χ4v) is 0.491. The van der Waals surface area contributed by atoms with Crippen molar-refractivity contribution in [3.05, 3.63) is 12.7 Å². The van der Waals surface area contributed by atoms with Crippen molar-refractivity contribution >= 4 is 11.8 Å². The minimum absolute atomic E-state index is 0.121. The lowest BCUT2D eigenvalue weighted by molar-refractivity contribution is -0.122. The van der Waals surface area contributed by atoms with Gasteiger partial charge in [-0.25, -0.2) is 0 Å². The van der Waals surface area contributed by atoms with E-state index in [0.717, 1.165) is 6.08 Å². The van der Waals surface area contributed by atoms with Crippen molar-refractivity contribution in [1.82, 2.24) is 5.32 Å². The van der Waals surface area contributed by atoms with Gasteiger partial charge < -0.3 is 15.8 Å². The van der Waals surface area contributed by atoms with Crippen molar-refractivity contribution in [1.29, 1.82) is 0 Å². The van der Waals surface area contributed by atoms with Gasteiger partial charge >= 0.3 is 0 Å². The quantitative estimate of drug-likeness (QED) is 0.389. The molecule has 0 aromatic carbocycles. The third-order valence-electron chi connectivity index (χ3n) is 0.975. The Morgan fingerprint density at radius 2 is 2.25 bits per heavy atom. The summed E-state index contributed by atoms with van der Waals surface area (Å²) in [6.07, 6.45) is 1.16. The first kappa shape index (κ1) is 10.6. The molecule has 0 saturated carbocycles. The Kier molecular flexibility index (Phi) is 5.64. The van der Waals surface area contributed by atoms with Gasteiger partial charge in [0.15, 0.2) is 0 Å². The van der Waals surface area contributed by atoms with E-state index in [4.69, 9.17) is 10.5 Å². The SMILES string of the molecule is C=CC(=O)NCCOCC(N)=O. The lowest BCUT2D eigenvalue weighted by Gasteiger charge is -2.01. The maximum atomic E-state index is 10.5. The average molecular weight is 172 g/mol. The Morgan fingerprint density at radius 1 is 1.58 bits per heavy atom. The van der Waals surface area contributed by atoms with Crippen LogP contribution in [0.2, 0.25) is 0 Å². The summed E-state index contributed by atoms with van der Waals surface area (Å²) in [4.78, 5) is 20.7. The van der Waals surface area contributed by atoms with E-state index in [0.29, 0.717) is 6.54 Å². The standard InChI is InChI=1S/C7H12N2O3/c1-2-7(11)9-3-4-12-5-6(8)10/h2H,1,3-5H2,(H2,8,10)(H,9,11). The Hall–Kier alpha value is -1.36. The molecule has 12 heavy (non-hydrogen) atoms. The summed E-state index contributed by atoms with van der Waals surface area (Å²) >= 11 is 0. The van der Waals surface area contributed by atoms with E-state index in [2.05, 4.69) is 11.9 Å². The van der Waals surface area contributed by atoms with Crippen molar-refractivity contribution in [2.24, 2.45) is 5.73 Å². The van der Waals surface area contributed by atoms with E-state index in [1.165, 1.54) is 0 Å². The fraction of sp³-hybridized carbons (Fsp3) is 0.429. The second-order valence-corrected chi connectivity index (χ2v) is 2.01. The molecule has 0 heterocycles. The number of nitrogens with one attached hydrogen (secondary N) is 1. The molecule has 0 rings (SSSR count). The Morgan fingerprint density at radius 3 is 2.75 bits per heavy atom. The van der Waals surface area contributed by atoms with E-state index < -0.39 is 5.91 Å². The van der Waals surface area contributed by atoms with E-state index in [1.54, 1.807) is 0 Å². The van der Waals surface area contributed by atoms with E-state index in [-0.39, 0.29) is 19.1 Å². The highest BCUT2D eigenvalue weighted by Crippen LogP contribution is 1.72. The molecule has 68 valence electrons. The van der Waals surface area contributed by atoms with Gasteiger partial charge in [0.2, 0.25) is 11.8 Å². The van der Waals surface area contributed by atoms with Crippen LogP contribution in [0.25, 0.3) is 0 Å². The zero-order chi connectivity index (χ0) is 9.40. The topological polar surface area (TPSA) is 81.4 Å². The number of amides is 2. The predicted molar refractivity (Wildman–Crippen MR) is 43.2 cm³/mol. The fourth-order valence-electron chi connectivity index (χ4n) is 0.491. The van der Waals surface area contributed by atoms with Crippen molar-refractivity contribution in [2.45, 2.75) is 0 Å². The van der Waals surface area contributed by atoms with Crippen LogP contribution in [0.15, 0.2) is 12.7 Å². The van der Waals surface area contributed by atoms with E-state index in [9.17, 15) is 9.59 Å². The normalized spacial score (nSPS) is 9.00. The van der Waals surface area contributed by atoms with Crippen LogP contribution in [0, 0.1) is 0 Å². The summed E-state index contributed by atoms with van der Waals surface area (Å²) in [5.41, 5.74) is 4.79. The number of rotatable bonds is 6. The van der Waals surface area contributed by atoms with Gasteiger partial charge in [-0.1, -0.05) is 6.58 Å². The molecule has 0 aliphatic carbocycles. The molecule has 0 aromatic rings. The van der Waals surface area contributed by atoms with Crippen molar-refractivity contribution in [3.8, 4) is 0 Å². The maximum absolute atomic E-state index is 10.5. The molecule has 2 amide bonds. The van der Waals surface area contributed by atoms with Gasteiger partial charge in [-0.05, 0) is 6.08 Å². The number of hydrogen-bond acceptors (Lipinski definition) is 3. The van der Waals surface area contributed by atoms with Crippen LogP contribution in [0.4, 0.5) is 0 Å². The highest BCUT2D eigenvalue weighted by atomic mass is 16.5. The van der Waals surface area contributed by atoms with Crippen molar-refractivity contribution in [3.63, 3.8) is 0 Å². The number of ether oxygens (including phenoxy) is 1. The third kappa shape index (κ3) is 6.76. The monoisotopic (exact) mass is 172 g/mol. The largest absolute Gasteiger partial charge is 0.370 e. The van der Waals surface area contributed by atoms with Crippen LogP contribution in [-0.2, 0) is 14.3 Å². The number of hydrogen-bond donors (Lipinski definition) is 2. The second-order valence-electron chi connectivity index (χ2n) is 2.01. The summed E-state index contributed by atoms with van der Waals surface area (Å²) in [5.74, 6) is -0.789. The third-order valence-corrected chi connectivity index (χ3v) is 0.975. The molecule has 3 N–H and O–H groups in total. The van der Waals surface area contributed by atoms with Crippen LogP contribution >= 0.6 is 0 Å². The lowest BCUT2D eigenvalue weighted by Crippen LogP contribution is -2.27. The highest BCUT2D eigenvalue weighted by molar-refractivity contribution is 5.86. The average Bonchev–Trinajstić information content (AvgIpc) is 2.03. The number of primary amides is 1. The molecule has 0 aliphatic heterocycles. The van der Waals surface area contributed by atoms with Crippen LogP contribution in [0.5, 0.6) is 0 Å². The Labute approximate surface area is 70.6 Å². The summed E-state index contributed by atoms with van der Waals surface area (Å²) in [7, 11) is 0. The summed E-state index contributed by atoms with van der Waals surface area (Å²) in [5, 5.41) is 2.47. The first-order valence-corrected chi connectivity index (χ1v) is 3.43. The van der Waals surface area contributed by atoms with Gasteiger partial charge in [0.05, 0.1) is 6.61 Å². The predicted octanol–water partition coefficient (Wildman–Crippen LogP) is -1.21. The Bertz CT molecular complexity index is 179. The Balaban J connectivity index is 3.16. The van der Waals surface area contributed by atoms with Crippen LogP contribution in [-0.4, -0.2) is 31.6 Å². The van der Waals surface area contributed by atoms with Gasteiger partial charge in [0.25, 0.3) is 0 Å². The van der Waals surface area contributed by atoms with Crippen molar-refractivity contribution in [2.75, 3.05) is 19.8 Å². The molecular weight excluding hydrogens is 160 g/mol. The van der Waals surface area contributed by atoms with Gasteiger partial charge in [0.1, 0.15) is 6.61 Å². The number of carbonyl (C=O) groups is 2. The molecule has 0 bridgehead atoms. The maximum Gasteiger partial charge on any atom is 0.243 e.